The van der Waals surface area contributed by atoms with Crippen LogP contribution >= 0.6 is 22.9 Å². The number of imidazole rings is 1. The van der Waals surface area contributed by atoms with E-state index in [0.29, 0.717) is 10.6 Å². The van der Waals surface area contributed by atoms with Gasteiger partial charge in [-0.3, -0.25) is 15.1 Å². The van der Waals surface area contributed by atoms with Crippen molar-refractivity contribution in [3.63, 3.8) is 0 Å². The number of anilines is 1. The van der Waals surface area contributed by atoms with Crippen LogP contribution in [0.2, 0.25) is 5.02 Å². The molecule has 0 saturated carbocycles. The number of hydrogen-bond acceptors (Lipinski definition) is 5. The number of hydrogen-bond donors (Lipinski definition) is 2. The number of H-pyrrole nitrogens is 1. The number of aromatic nitrogens is 4. The number of pyridine rings is 1. The predicted molar refractivity (Wildman–Crippen MR) is 104 cm³/mol. The number of carbonyl (C=O) groups is 1. The zero-order chi connectivity index (χ0) is 20.8. The Kier molecular flexibility index (Phi) is 4.75. The lowest BCUT2D eigenvalue weighted by molar-refractivity contribution is -0.137. The van der Waals surface area contributed by atoms with Crippen LogP contribution in [0.3, 0.4) is 0 Å². The van der Waals surface area contributed by atoms with Crippen LogP contribution in [0.1, 0.15) is 20.8 Å². The maximum absolute atomic E-state index is 13.4. The molecule has 11 heteroatoms. The summed E-state index contributed by atoms with van der Waals surface area (Å²) in [6.45, 7) is 1.85. The van der Waals surface area contributed by atoms with Crippen LogP contribution in [-0.4, -0.2) is 25.8 Å². The molecule has 0 spiro atoms. The van der Waals surface area contributed by atoms with Crippen molar-refractivity contribution in [1.29, 1.82) is 0 Å². The predicted octanol–water partition coefficient (Wildman–Crippen LogP) is 5.31. The molecule has 1 aromatic carbocycles. The average Bonchev–Trinajstić information content (AvgIpc) is 3.26. The summed E-state index contributed by atoms with van der Waals surface area (Å²) in [5.74, 6) is -0.557. The molecule has 1 amide bonds. The largest absolute Gasteiger partial charge is 0.417 e. The summed E-state index contributed by atoms with van der Waals surface area (Å²) >= 11 is 7.03. The van der Waals surface area contributed by atoms with E-state index in [1.165, 1.54) is 35.9 Å². The fourth-order valence-electron chi connectivity index (χ4n) is 2.76. The topological polar surface area (TPSA) is 83.6 Å². The van der Waals surface area contributed by atoms with Gasteiger partial charge < -0.3 is 4.98 Å². The number of amides is 1. The number of rotatable bonds is 3. The maximum atomic E-state index is 13.4. The zero-order valence-corrected chi connectivity index (χ0v) is 16.2. The minimum absolute atomic E-state index is 0.0438. The van der Waals surface area contributed by atoms with E-state index in [2.05, 4.69) is 25.3 Å². The third kappa shape index (κ3) is 3.81. The number of halogens is 4. The highest BCUT2D eigenvalue weighted by atomic mass is 35.5. The molecule has 6 nitrogen and oxygen atoms in total. The molecule has 3 aromatic heterocycles. The van der Waals surface area contributed by atoms with Crippen LogP contribution < -0.4 is 5.32 Å². The van der Waals surface area contributed by atoms with E-state index in [1.807, 2.05) is 6.92 Å². The Balaban J connectivity index is 1.79. The first-order chi connectivity index (χ1) is 13.7. The van der Waals surface area contributed by atoms with Gasteiger partial charge in [0.05, 0.1) is 22.8 Å². The molecule has 0 aliphatic heterocycles. The van der Waals surface area contributed by atoms with Gasteiger partial charge in [0, 0.05) is 27.9 Å². The van der Waals surface area contributed by atoms with Crippen LogP contribution in [0.5, 0.6) is 0 Å². The fourth-order valence-corrected chi connectivity index (χ4v) is 3.59. The molecule has 0 saturated heterocycles. The summed E-state index contributed by atoms with van der Waals surface area (Å²) < 4.78 is 40.3. The van der Waals surface area contributed by atoms with Crippen molar-refractivity contribution >= 4 is 45.0 Å². The zero-order valence-electron chi connectivity index (χ0n) is 14.6. The molecule has 0 radical (unpaired) electrons. The van der Waals surface area contributed by atoms with E-state index in [4.69, 9.17) is 11.6 Å². The van der Waals surface area contributed by atoms with Gasteiger partial charge in [0.2, 0.25) is 0 Å². The van der Waals surface area contributed by atoms with Crippen LogP contribution in [0.15, 0.2) is 36.8 Å². The van der Waals surface area contributed by atoms with Crippen molar-refractivity contribution in [1.82, 2.24) is 19.9 Å². The van der Waals surface area contributed by atoms with Gasteiger partial charge in [-0.05, 0) is 25.1 Å². The summed E-state index contributed by atoms with van der Waals surface area (Å²) in [5, 5.41) is 3.00. The normalized spacial score (nSPS) is 11.8. The molecule has 0 aliphatic carbocycles. The summed E-state index contributed by atoms with van der Waals surface area (Å²) in [7, 11) is 0. The third-order valence-corrected chi connectivity index (χ3v) is 5.09. The molecule has 2 N–H and O–H groups in total. The molecule has 0 aliphatic rings. The van der Waals surface area contributed by atoms with Crippen molar-refractivity contribution in [2.45, 2.75) is 13.1 Å². The minimum atomic E-state index is -4.62. The van der Waals surface area contributed by atoms with Crippen molar-refractivity contribution in [3.8, 4) is 11.4 Å². The average molecular weight is 438 g/mol. The second-order valence-electron chi connectivity index (χ2n) is 6.09. The minimum Gasteiger partial charge on any atom is -0.337 e. The van der Waals surface area contributed by atoms with E-state index in [-0.39, 0.29) is 27.5 Å². The molecule has 4 aromatic rings. The Morgan fingerprint density at radius 1 is 1.24 bits per heavy atom. The maximum Gasteiger partial charge on any atom is 0.417 e. The van der Waals surface area contributed by atoms with Crippen molar-refractivity contribution < 1.29 is 18.0 Å². The molecule has 0 bridgehead atoms. The van der Waals surface area contributed by atoms with Gasteiger partial charge in [-0.15, -0.1) is 11.3 Å². The molecule has 29 heavy (non-hydrogen) atoms. The summed E-state index contributed by atoms with van der Waals surface area (Å²) in [6, 6.07) is 3.41. The summed E-state index contributed by atoms with van der Waals surface area (Å²) in [6.07, 6.45) is -0.320. The number of thiazole rings is 1. The van der Waals surface area contributed by atoms with Crippen LogP contribution in [0, 0.1) is 6.92 Å². The molecule has 0 unspecified atom stereocenters. The Bertz CT molecular complexity index is 1230. The first kappa shape index (κ1) is 19.3. The lowest BCUT2D eigenvalue weighted by atomic mass is 10.1. The highest BCUT2D eigenvalue weighted by Gasteiger charge is 2.35. The number of aromatic amines is 1. The Hall–Kier alpha value is -2.98. The van der Waals surface area contributed by atoms with Crippen molar-refractivity contribution in [2.75, 3.05) is 5.32 Å². The molecule has 0 fully saturated rings. The van der Waals surface area contributed by atoms with Gasteiger partial charge in [0.15, 0.2) is 5.13 Å². The van der Waals surface area contributed by atoms with E-state index in [0.717, 1.165) is 10.9 Å². The second-order valence-corrected chi connectivity index (χ2v) is 7.76. The first-order valence-electron chi connectivity index (χ1n) is 8.17. The smallest absolute Gasteiger partial charge is 0.337 e. The highest BCUT2D eigenvalue weighted by Crippen LogP contribution is 2.38. The first-order valence-corrected chi connectivity index (χ1v) is 9.36. The lowest BCUT2D eigenvalue weighted by Gasteiger charge is -2.11. The summed E-state index contributed by atoms with van der Waals surface area (Å²) in [4.78, 5) is 28.6. The Morgan fingerprint density at radius 2 is 2.03 bits per heavy atom. The number of benzene rings is 1. The second kappa shape index (κ2) is 7.12. The van der Waals surface area contributed by atoms with Crippen LogP contribution in [0.4, 0.5) is 18.3 Å². The number of fused-ring (bicyclic) bond motifs is 1. The lowest BCUT2D eigenvalue weighted by Crippen LogP contribution is -2.12. The number of nitrogens with one attached hydrogen (secondary N) is 2. The number of alkyl halides is 3. The van der Waals surface area contributed by atoms with Gasteiger partial charge in [-0.2, -0.15) is 13.2 Å². The summed E-state index contributed by atoms with van der Waals surface area (Å²) in [5.41, 5.74) is -0.475. The highest BCUT2D eigenvalue weighted by molar-refractivity contribution is 7.15. The SMILES string of the molecule is Cc1cnc(NC(=O)c2cncc3[nH]c(-c4ccc(Cl)cc4C(F)(F)F)nc23)s1. The molecule has 4 rings (SSSR count). The van der Waals surface area contributed by atoms with Crippen molar-refractivity contribution in [2.24, 2.45) is 0 Å². The number of carbonyl (C=O) groups excluding carboxylic acids is 1. The molecular formula is C18H11ClF3N5OS. The monoisotopic (exact) mass is 437 g/mol. The Morgan fingerprint density at radius 3 is 2.72 bits per heavy atom. The Labute approximate surface area is 170 Å². The van der Waals surface area contributed by atoms with Gasteiger partial charge in [0.25, 0.3) is 5.91 Å². The number of aryl methyl sites for hydroxylation is 1. The molecular weight excluding hydrogens is 427 g/mol. The van der Waals surface area contributed by atoms with Crippen LogP contribution in [-0.2, 0) is 6.18 Å². The van der Waals surface area contributed by atoms with E-state index in [1.54, 1.807) is 6.20 Å². The van der Waals surface area contributed by atoms with Gasteiger partial charge in [-0.1, -0.05) is 11.6 Å². The van der Waals surface area contributed by atoms with Gasteiger partial charge >= 0.3 is 6.18 Å². The third-order valence-electron chi connectivity index (χ3n) is 4.02. The molecule has 0 atom stereocenters. The molecule has 148 valence electrons. The standard InChI is InChI=1S/C18H11ClF3N5OS/c1-8-5-24-17(29-8)27-16(28)11-6-23-7-13-14(11)26-15(25-13)10-3-2-9(19)4-12(10)18(20,21)22/h2-7H,1H3,(H,25,26)(H,24,27,28). The molecule has 3 heterocycles. The van der Waals surface area contributed by atoms with E-state index in [9.17, 15) is 18.0 Å². The fraction of sp³-hybridized carbons (Fsp3) is 0.111. The van der Waals surface area contributed by atoms with E-state index < -0.39 is 17.6 Å². The van der Waals surface area contributed by atoms with Crippen LogP contribution in [0.25, 0.3) is 22.4 Å². The van der Waals surface area contributed by atoms with Gasteiger partial charge in [-0.25, -0.2) is 9.97 Å². The van der Waals surface area contributed by atoms with E-state index >= 15 is 0 Å². The number of nitrogens with zero attached hydrogens (tertiary/aromatic N) is 3. The van der Waals surface area contributed by atoms with Crippen molar-refractivity contribution in [3.05, 3.63) is 57.8 Å². The van der Waals surface area contributed by atoms with Gasteiger partial charge in [0.1, 0.15) is 11.3 Å². The quantitative estimate of drug-likeness (QED) is 0.454.